The summed E-state index contributed by atoms with van der Waals surface area (Å²) in [5.74, 6) is 0.562. The molecule has 6 heteroatoms. The van der Waals surface area contributed by atoms with Gasteiger partial charge in [0, 0.05) is 11.9 Å². The van der Waals surface area contributed by atoms with E-state index < -0.39 is 9.84 Å². The quantitative estimate of drug-likeness (QED) is 0.854. The molecule has 0 saturated carbocycles. The van der Waals surface area contributed by atoms with Gasteiger partial charge in [-0.05, 0) is 19.1 Å². The normalized spacial score (nSPS) is 11.7. The Labute approximate surface area is 106 Å². The van der Waals surface area contributed by atoms with Crippen LogP contribution in [0.4, 0.5) is 5.82 Å². The van der Waals surface area contributed by atoms with Gasteiger partial charge < -0.3 is 5.32 Å². The van der Waals surface area contributed by atoms with Crippen LogP contribution in [0, 0.1) is 0 Å². The van der Waals surface area contributed by atoms with Gasteiger partial charge >= 0.3 is 0 Å². The molecule has 1 aromatic carbocycles. The summed E-state index contributed by atoms with van der Waals surface area (Å²) < 4.78 is 23.7. The van der Waals surface area contributed by atoms with Crippen molar-refractivity contribution in [1.82, 2.24) is 9.97 Å². The maximum atomic E-state index is 11.8. The van der Waals surface area contributed by atoms with Crippen LogP contribution in [0.3, 0.4) is 0 Å². The molecule has 0 saturated heterocycles. The molecule has 0 fully saturated rings. The number of anilines is 1. The van der Waals surface area contributed by atoms with Crippen LogP contribution in [-0.4, -0.2) is 30.7 Å². The summed E-state index contributed by atoms with van der Waals surface area (Å²) >= 11 is 0. The van der Waals surface area contributed by atoms with Crippen LogP contribution >= 0.6 is 0 Å². The minimum Gasteiger partial charge on any atom is -0.370 e. The number of nitrogens with zero attached hydrogens (tertiary/aromatic N) is 2. The molecule has 1 N–H and O–H groups in total. The van der Waals surface area contributed by atoms with Crippen molar-refractivity contribution in [2.75, 3.05) is 17.6 Å². The number of para-hydroxylation sites is 1. The zero-order valence-electron chi connectivity index (χ0n) is 10.3. The van der Waals surface area contributed by atoms with Gasteiger partial charge in [-0.3, -0.25) is 0 Å². The average molecular weight is 265 g/mol. The van der Waals surface area contributed by atoms with Crippen LogP contribution in [0.2, 0.25) is 0 Å². The van der Waals surface area contributed by atoms with Gasteiger partial charge in [0.25, 0.3) is 0 Å². The molecule has 0 atom stereocenters. The topological polar surface area (TPSA) is 72.0 Å². The van der Waals surface area contributed by atoms with Gasteiger partial charge in [0.1, 0.15) is 5.82 Å². The van der Waals surface area contributed by atoms with Crippen molar-refractivity contribution in [3.8, 4) is 0 Å². The first-order valence-electron chi connectivity index (χ1n) is 5.82. The number of sulfone groups is 1. The van der Waals surface area contributed by atoms with Crippen LogP contribution < -0.4 is 5.32 Å². The first-order valence-corrected chi connectivity index (χ1v) is 7.47. The Morgan fingerprint density at radius 3 is 2.56 bits per heavy atom. The van der Waals surface area contributed by atoms with E-state index >= 15 is 0 Å². The second kappa shape index (κ2) is 4.89. The Balaban J connectivity index is 2.72. The SMILES string of the molecule is CCNc1nc(S(=O)(=O)CC)nc2ccccc12. The Bertz CT molecular complexity index is 668. The number of fused-ring (bicyclic) bond motifs is 1. The molecular formula is C12H15N3O2S. The van der Waals surface area contributed by atoms with Gasteiger partial charge in [-0.2, -0.15) is 0 Å². The van der Waals surface area contributed by atoms with Crippen LogP contribution in [0.25, 0.3) is 10.9 Å². The molecule has 0 aliphatic rings. The number of rotatable bonds is 4. The highest BCUT2D eigenvalue weighted by Crippen LogP contribution is 2.21. The Morgan fingerprint density at radius 1 is 1.17 bits per heavy atom. The van der Waals surface area contributed by atoms with Crippen molar-refractivity contribution < 1.29 is 8.42 Å². The van der Waals surface area contributed by atoms with E-state index in [1.807, 2.05) is 25.1 Å². The molecule has 2 aromatic rings. The molecule has 0 spiro atoms. The number of aromatic nitrogens is 2. The fraction of sp³-hybridized carbons (Fsp3) is 0.333. The van der Waals surface area contributed by atoms with E-state index in [-0.39, 0.29) is 10.9 Å². The molecule has 1 aromatic heterocycles. The molecule has 0 aliphatic heterocycles. The van der Waals surface area contributed by atoms with Crippen molar-refractivity contribution in [3.63, 3.8) is 0 Å². The van der Waals surface area contributed by atoms with Crippen LogP contribution in [0.5, 0.6) is 0 Å². The third-order valence-electron chi connectivity index (χ3n) is 2.59. The minimum atomic E-state index is -3.39. The van der Waals surface area contributed by atoms with Crippen molar-refractivity contribution in [2.45, 2.75) is 19.0 Å². The zero-order valence-corrected chi connectivity index (χ0v) is 11.2. The van der Waals surface area contributed by atoms with Crippen molar-refractivity contribution in [3.05, 3.63) is 24.3 Å². The van der Waals surface area contributed by atoms with E-state index in [1.165, 1.54) is 0 Å². The first-order chi connectivity index (χ1) is 8.58. The lowest BCUT2D eigenvalue weighted by atomic mass is 10.2. The van der Waals surface area contributed by atoms with Crippen LogP contribution in [-0.2, 0) is 9.84 Å². The molecule has 0 unspecified atom stereocenters. The van der Waals surface area contributed by atoms with E-state index in [0.29, 0.717) is 17.9 Å². The molecule has 1 heterocycles. The molecule has 0 radical (unpaired) electrons. The van der Waals surface area contributed by atoms with Crippen molar-refractivity contribution >= 4 is 26.6 Å². The lowest BCUT2D eigenvalue weighted by Gasteiger charge is -2.08. The Morgan fingerprint density at radius 2 is 1.89 bits per heavy atom. The van der Waals surface area contributed by atoms with E-state index in [4.69, 9.17) is 0 Å². The first kappa shape index (κ1) is 12.8. The van der Waals surface area contributed by atoms with Gasteiger partial charge in [-0.25, -0.2) is 18.4 Å². The molecule has 0 bridgehead atoms. The van der Waals surface area contributed by atoms with Gasteiger partial charge in [-0.15, -0.1) is 0 Å². The summed E-state index contributed by atoms with van der Waals surface area (Å²) in [5.41, 5.74) is 0.635. The monoisotopic (exact) mass is 265 g/mol. The highest BCUT2D eigenvalue weighted by Gasteiger charge is 2.18. The third kappa shape index (κ3) is 2.28. The average Bonchev–Trinajstić information content (AvgIpc) is 2.39. The number of hydrogen-bond acceptors (Lipinski definition) is 5. The summed E-state index contributed by atoms with van der Waals surface area (Å²) in [6, 6.07) is 7.36. The highest BCUT2D eigenvalue weighted by molar-refractivity contribution is 7.91. The van der Waals surface area contributed by atoms with Crippen molar-refractivity contribution in [2.24, 2.45) is 0 Å². The molecule has 0 aliphatic carbocycles. The van der Waals surface area contributed by atoms with Gasteiger partial charge in [0.15, 0.2) is 0 Å². The van der Waals surface area contributed by atoms with E-state index in [2.05, 4.69) is 15.3 Å². The van der Waals surface area contributed by atoms with E-state index in [9.17, 15) is 8.42 Å². The van der Waals surface area contributed by atoms with Crippen LogP contribution in [0.1, 0.15) is 13.8 Å². The van der Waals surface area contributed by atoms with Crippen molar-refractivity contribution in [1.29, 1.82) is 0 Å². The standard InChI is InChI=1S/C12H15N3O2S/c1-3-13-11-9-7-5-6-8-10(9)14-12(15-11)18(16,17)4-2/h5-8H,3-4H2,1-2H3,(H,13,14,15). The summed E-state index contributed by atoms with van der Waals surface area (Å²) in [6.07, 6.45) is 0. The van der Waals surface area contributed by atoms with E-state index in [0.717, 1.165) is 5.39 Å². The smallest absolute Gasteiger partial charge is 0.249 e. The number of hydrogen-bond donors (Lipinski definition) is 1. The molecular weight excluding hydrogens is 250 g/mol. The highest BCUT2D eigenvalue weighted by atomic mass is 32.2. The fourth-order valence-corrected chi connectivity index (χ4v) is 2.35. The third-order valence-corrected chi connectivity index (χ3v) is 4.08. The second-order valence-electron chi connectivity index (χ2n) is 3.81. The predicted octanol–water partition coefficient (Wildman–Crippen LogP) is 1.86. The van der Waals surface area contributed by atoms with Crippen LogP contribution in [0.15, 0.2) is 29.4 Å². The van der Waals surface area contributed by atoms with Gasteiger partial charge in [-0.1, -0.05) is 19.1 Å². The predicted molar refractivity (Wildman–Crippen MR) is 71.4 cm³/mol. The van der Waals surface area contributed by atoms with E-state index in [1.54, 1.807) is 13.0 Å². The molecule has 2 rings (SSSR count). The summed E-state index contributed by atoms with van der Waals surface area (Å²) in [4.78, 5) is 8.24. The van der Waals surface area contributed by atoms with Gasteiger partial charge in [0.2, 0.25) is 15.0 Å². The summed E-state index contributed by atoms with van der Waals surface area (Å²) in [7, 11) is -3.39. The maximum Gasteiger partial charge on any atom is 0.249 e. The lowest BCUT2D eigenvalue weighted by Crippen LogP contribution is -2.11. The Hall–Kier alpha value is -1.69. The number of benzene rings is 1. The fourth-order valence-electron chi connectivity index (χ4n) is 1.63. The minimum absolute atomic E-state index is 0.00307. The number of nitrogens with one attached hydrogen (secondary N) is 1. The molecule has 96 valence electrons. The lowest BCUT2D eigenvalue weighted by molar-refractivity contribution is 0.589. The molecule has 0 amide bonds. The molecule has 18 heavy (non-hydrogen) atoms. The second-order valence-corrected chi connectivity index (χ2v) is 5.98. The summed E-state index contributed by atoms with van der Waals surface area (Å²) in [6.45, 7) is 4.19. The molecule has 5 nitrogen and oxygen atoms in total. The zero-order chi connectivity index (χ0) is 13.2. The summed E-state index contributed by atoms with van der Waals surface area (Å²) in [5, 5.41) is 3.79. The largest absolute Gasteiger partial charge is 0.370 e. The van der Waals surface area contributed by atoms with Gasteiger partial charge in [0.05, 0.1) is 11.3 Å². The maximum absolute atomic E-state index is 11.8. The Kier molecular flexibility index (Phi) is 3.47.